The molecule has 0 saturated carbocycles. The third-order valence-corrected chi connectivity index (χ3v) is 4.68. The van der Waals surface area contributed by atoms with Gasteiger partial charge in [0.15, 0.2) is 0 Å². The molecule has 0 unspecified atom stereocenters. The summed E-state index contributed by atoms with van der Waals surface area (Å²) in [4.78, 5) is 14.4. The Morgan fingerprint density at radius 1 is 0.938 bits per heavy atom. The Morgan fingerprint density at radius 2 is 1.66 bits per heavy atom. The maximum atomic E-state index is 13.9. The molecule has 3 aromatic heterocycles. The molecule has 0 aliphatic heterocycles. The lowest BCUT2D eigenvalue weighted by molar-refractivity contribution is -0.138. The van der Waals surface area contributed by atoms with Gasteiger partial charge in [-0.05, 0) is 42.5 Å². The van der Waals surface area contributed by atoms with Crippen molar-refractivity contribution >= 4 is 11.6 Å². The zero-order chi connectivity index (χ0) is 22.9. The molecule has 0 atom stereocenters. The van der Waals surface area contributed by atoms with Gasteiger partial charge in [0.2, 0.25) is 5.95 Å². The molecule has 32 heavy (non-hydrogen) atoms. The number of benzene rings is 1. The van der Waals surface area contributed by atoms with Gasteiger partial charge in [0.25, 0.3) is 0 Å². The summed E-state index contributed by atoms with van der Waals surface area (Å²) in [6.45, 7) is -0.353. The fraction of sp³-hybridized carbons (Fsp3) is 0.0952. The number of aromatic amines is 1. The Labute approximate surface area is 182 Å². The number of nitrogens with zero attached hydrogens (tertiary/aromatic N) is 3. The van der Waals surface area contributed by atoms with Crippen molar-refractivity contribution < 1.29 is 26.7 Å². The number of hydrogen-bond acceptors (Lipinski definition) is 4. The Bertz CT molecular complexity index is 1240. The predicted octanol–water partition coefficient (Wildman–Crippen LogP) is 6.06. The molecular formula is C21H12ClF5N4O. The number of nitrogens with one attached hydrogen (secondary N) is 1. The number of H-pyrrole nitrogens is 1. The summed E-state index contributed by atoms with van der Waals surface area (Å²) in [6, 6.07) is 9.53. The van der Waals surface area contributed by atoms with E-state index in [0.29, 0.717) is 40.7 Å². The largest absolute Gasteiger partial charge is 0.487 e. The van der Waals surface area contributed by atoms with Crippen LogP contribution in [-0.2, 0) is 12.8 Å². The lowest BCUT2D eigenvalue weighted by Crippen LogP contribution is -2.09. The van der Waals surface area contributed by atoms with Crippen LogP contribution in [0, 0.1) is 11.8 Å². The highest BCUT2D eigenvalue weighted by Crippen LogP contribution is 2.31. The van der Waals surface area contributed by atoms with E-state index in [0.717, 1.165) is 0 Å². The smallest absolute Gasteiger partial charge is 0.417 e. The van der Waals surface area contributed by atoms with Gasteiger partial charge in [-0.2, -0.15) is 17.6 Å². The van der Waals surface area contributed by atoms with Gasteiger partial charge in [0.05, 0.1) is 5.56 Å². The van der Waals surface area contributed by atoms with Gasteiger partial charge in [-0.25, -0.2) is 14.4 Å². The molecule has 4 rings (SSSR count). The van der Waals surface area contributed by atoms with Crippen molar-refractivity contribution in [2.45, 2.75) is 12.8 Å². The zero-order valence-corrected chi connectivity index (χ0v) is 16.7. The molecule has 11 heteroatoms. The first kappa shape index (κ1) is 21.7. The van der Waals surface area contributed by atoms with Crippen LogP contribution >= 0.6 is 11.6 Å². The molecule has 164 valence electrons. The molecule has 0 aliphatic carbocycles. The van der Waals surface area contributed by atoms with E-state index in [2.05, 4.69) is 19.9 Å². The average Bonchev–Trinajstić information content (AvgIpc) is 3.14. The number of halogens is 6. The van der Waals surface area contributed by atoms with Crippen molar-refractivity contribution in [1.82, 2.24) is 19.9 Å². The lowest BCUT2D eigenvalue weighted by Gasteiger charge is -2.10. The van der Waals surface area contributed by atoms with E-state index < -0.39 is 23.5 Å². The summed E-state index contributed by atoms with van der Waals surface area (Å²) < 4.78 is 70.1. The van der Waals surface area contributed by atoms with E-state index in [1.54, 1.807) is 24.3 Å². The van der Waals surface area contributed by atoms with E-state index in [9.17, 15) is 22.0 Å². The Balaban J connectivity index is 1.47. The molecule has 0 amide bonds. The maximum absolute atomic E-state index is 13.9. The minimum atomic E-state index is -4.68. The number of alkyl halides is 3. The minimum absolute atomic E-state index is 0.255. The van der Waals surface area contributed by atoms with Gasteiger partial charge in [0.1, 0.15) is 40.5 Å². The second-order valence-corrected chi connectivity index (χ2v) is 6.96. The molecule has 0 aliphatic rings. The number of imidazole rings is 1. The second-order valence-electron chi connectivity index (χ2n) is 6.58. The number of rotatable bonds is 5. The minimum Gasteiger partial charge on any atom is -0.487 e. The Morgan fingerprint density at radius 3 is 2.28 bits per heavy atom. The van der Waals surface area contributed by atoms with Gasteiger partial charge in [0, 0.05) is 23.5 Å². The molecule has 0 fully saturated rings. The van der Waals surface area contributed by atoms with E-state index in [1.807, 2.05) is 0 Å². The van der Waals surface area contributed by atoms with Gasteiger partial charge < -0.3 is 9.72 Å². The van der Waals surface area contributed by atoms with Crippen molar-refractivity contribution in [2.75, 3.05) is 0 Å². The van der Waals surface area contributed by atoms with Crippen LogP contribution in [0.3, 0.4) is 0 Å². The molecule has 5 nitrogen and oxygen atoms in total. The first-order valence-corrected chi connectivity index (χ1v) is 9.41. The normalized spacial score (nSPS) is 11.6. The quantitative estimate of drug-likeness (QED) is 0.287. The van der Waals surface area contributed by atoms with E-state index in [-0.39, 0.29) is 17.5 Å². The van der Waals surface area contributed by atoms with Crippen LogP contribution in [0.25, 0.3) is 22.6 Å². The van der Waals surface area contributed by atoms with Crippen LogP contribution in [0.1, 0.15) is 11.3 Å². The fourth-order valence-electron chi connectivity index (χ4n) is 2.78. The van der Waals surface area contributed by atoms with Crippen LogP contribution in [-0.4, -0.2) is 19.9 Å². The summed E-state index contributed by atoms with van der Waals surface area (Å²) in [5.74, 6) is -0.984. The number of ether oxygens (including phenoxy) is 1. The van der Waals surface area contributed by atoms with Crippen LogP contribution in [0.5, 0.6) is 5.75 Å². The summed E-state index contributed by atoms with van der Waals surface area (Å²) in [5, 5.41) is 0.258. The lowest BCUT2D eigenvalue weighted by atomic mass is 10.1. The van der Waals surface area contributed by atoms with Crippen molar-refractivity contribution in [3.63, 3.8) is 0 Å². The maximum Gasteiger partial charge on any atom is 0.417 e. The monoisotopic (exact) mass is 466 g/mol. The molecule has 0 saturated heterocycles. The first-order valence-electron chi connectivity index (χ1n) is 9.03. The predicted molar refractivity (Wildman–Crippen MR) is 106 cm³/mol. The zero-order valence-electron chi connectivity index (χ0n) is 15.9. The van der Waals surface area contributed by atoms with E-state index in [1.165, 1.54) is 18.3 Å². The summed E-state index contributed by atoms with van der Waals surface area (Å²) in [7, 11) is 0. The van der Waals surface area contributed by atoms with Gasteiger partial charge >= 0.3 is 6.18 Å². The molecule has 0 bridgehead atoms. The van der Waals surface area contributed by atoms with Gasteiger partial charge in [-0.15, -0.1) is 0 Å². The van der Waals surface area contributed by atoms with E-state index in [4.69, 9.17) is 16.3 Å². The third-order valence-electron chi connectivity index (χ3n) is 4.41. The fourth-order valence-corrected chi connectivity index (χ4v) is 3.02. The highest BCUT2D eigenvalue weighted by Gasteiger charge is 2.31. The van der Waals surface area contributed by atoms with Crippen molar-refractivity contribution in [3.05, 3.63) is 83.0 Å². The summed E-state index contributed by atoms with van der Waals surface area (Å²) >= 11 is 6.23. The molecule has 3 heterocycles. The Hall–Kier alpha value is -3.53. The SMILES string of the molecule is Fc1ccc(-c2nc(-c3ccc(OCc4ncc(C(F)(F)F)cc4F)cc3)c(Cl)[nH]2)cn1. The molecule has 1 N–H and O–H groups in total. The number of hydrogen-bond donors (Lipinski definition) is 1. The molecule has 0 spiro atoms. The van der Waals surface area contributed by atoms with Crippen LogP contribution in [0.2, 0.25) is 5.15 Å². The van der Waals surface area contributed by atoms with Gasteiger partial charge in [-0.3, -0.25) is 4.98 Å². The average molecular weight is 467 g/mol. The van der Waals surface area contributed by atoms with Crippen LogP contribution in [0.4, 0.5) is 22.0 Å². The van der Waals surface area contributed by atoms with Crippen LogP contribution < -0.4 is 4.74 Å². The van der Waals surface area contributed by atoms with Crippen LogP contribution in [0.15, 0.2) is 54.9 Å². The Kier molecular flexibility index (Phi) is 5.79. The standard InChI is InChI=1S/C21H12ClF5N4O/c22-19-18(30-20(31-19)12-3-6-17(24)29-8-12)11-1-4-14(5-2-11)32-10-16-15(23)7-13(9-28-16)21(25,26)27/h1-9H,10H2,(H,30,31). The van der Waals surface area contributed by atoms with Gasteiger partial charge in [-0.1, -0.05) is 11.6 Å². The first-order chi connectivity index (χ1) is 15.2. The molecule has 4 aromatic rings. The molecule has 1 aromatic carbocycles. The molecular weight excluding hydrogens is 455 g/mol. The highest BCUT2D eigenvalue weighted by molar-refractivity contribution is 6.32. The van der Waals surface area contributed by atoms with Crippen molar-refractivity contribution in [3.8, 4) is 28.4 Å². The summed E-state index contributed by atoms with van der Waals surface area (Å²) in [5.41, 5.74) is 0.196. The van der Waals surface area contributed by atoms with Crippen molar-refractivity contribution in [1.29, 1.82) is 0 Å². The topological polar surface area (TPSA) is 63.7 Å². The second kappa shape index (κ2) is 8.54. The molecule has 0 radical (unpaired) electrons. The van der Waals surface area contributed by atoms with E-state index >= 15 is 0 Å². The summed E-state index contributed by atoms with van der Waals surface area (Å²) in [6.07, 6.45) is -2.80. The number of aromatic nitrogens is 4. The number of pyridine rings is 2. The van der Waals surface area contributed by atoms with Crippen molar-refractivity contribution in [2.24, 2.45) is 0 Å². The highest BCUT2D eigenvalue weighted by atomic mass is 35.5. The third kappa shape index (κ3) is 4.70.